The van der Waals surface area contributed by atoms with Gasteiger partial charge in [0.15, 0.2) is 0 Å². The number of carbonyl (C=O) groups excluding carboxylic acids is 1. The normalized spacial score (nSPS) is 11.5. The van der Waals surface area contributed by atoms with E-state index in [1.807, 2.05) is 30.0 Å². The number of hydrogen-bond acceptors (Lipinski definition) is 2. The molecule has 0 fully saturated rings. The van der Waals surface area contributed by atoms with E-state index in [0.29, 0.717) is 0 Å². The number of rotatable bonds is 3. The molecule has 0 aliphatic carbocycles. The first kappa shape index (κ1) is 11.3. The summed E-state index contributed by atoms with van der Waals surface area (Å²) >= 11 is 0. The van der Waals surface area contributed by atoms with Crippen LogP contribution in [0.15, 0.2) is 24.4 Å². The molecule has 0 aliphatic heterocycles. The number of nitrogens with zero attached hydrogens (tertiary/aromatic N) is 1. The summed E-state index contributed by atoms with van der Waals surface area (Å²) in [5, 5.41) is 1.88. The molecular weight excluding hydrogens is 190 g/mol. The van der Waals surface area contributed by atoms with Crippen LogP contribution in [0, 0.1) is 0 Å². The zero-order valence-corrected chi connectivity index (χ0v) is 9.12. The molecule has 80 valence electrons. The first-order chi connectivity index (χ1) is 7.04. The van der Waals surface area contributed by atoms with Crippen molar-refractivity contribution >= 4 is 18.6 Å². The van der Waals surface area contributed by atoms with Crippen LogP contribution in [-0.2, 0) is 16.6 Å². The second-order valence-electron chi connectivity index (χ2n) is 3.38. The summed E-state index contributed by atoms with van der Waals surface area (Å²) in [5.41, 5.74) is 0.720. The van der Waals surface area contributed by atoms with Crippen LogP contribution in [-0.4, -0.2) is 17.6 Å². The third kappa shape index (κ3) is 2.84. The fourth-order valence-corrected chi connectivity index (χ4v) is 1.24. The molecule has 0 radical (unpaired) electrons. The van der Waals surface area contributed by atoms with Gasteiger partial charge in [-0.2, -0.15) is 0 Å². The van der Waals surface area contributed by atoms with Gasteiger partial charge in [0.2, 0.25) is 0 Å². The van der Waals surface area contributed by atoms with Gasteiger partial charge in [0.25, 0.3) is 0 Å². The van der Waals surface area contributed by atoms with Gasteiger partial charge in [-0.3, -0.25) is 4.79 Å². The lowest BCUT2D eigenvalue weighted by Crippen LogP contribution is -2.25. The molecule has 15 heavy (non-hydrogen) atoms. The smallest absolute Gasteiger partial charge is 0.309 e. The predicted octanol–water partition coefficient (Wildman–Crippen LogP) is 0.335. The second kappa shape index (κ2) is 4.64. The highest BCUT2D eigenvalue weighted by molar-refractivity contribution is 5.75. The van der Waals surface area contributed by atoms with E-state index in [1.165, 1.54) is 7.11 Å². The molecular formula is C12H15NO2. The minimum Gasteiger partial charge on any atom is -0.469 e. The van der Waals surface area contributed by atoms with Gasteiger partial charge in [-0.15, -0.1) is 0 Å². The Labute approximate surface area is 89.0 Å². The first-order valence-electron chi connectivity index (χ1n) is 4.61. The Morgan fingerprint density at radius 2 is 2.33 bits per heavy atom. The molecule has 1 rings (SSSR count). The van der Waals surface area contributed by atoms with Gasteiger partial charge < -0.3 is 9.30 Å². The summed E-state index contributed by atoms with van der Waals surface area (Å²) in [4.78, 5) is 11.0. The highest BCUT2D eigenvalue weighted by Crippen LogP contribution is 2.00. The van der Waals surface area contributed by atoms with Crippen molar-refractivity contribution in [1.82, 2.24) is 4.57 Å². The lowest BCUT2D eigenvalue weighted by Gasteiger charge is -1.97. The van der Waals surface area contributed by atoms with Gasteiger partial charge in [0.1, 0.15) is 0 Å². The zero-order valence-electron chi connectivity index (χ0n) is 9.12. The van der Waals surface area contributed by atoms with Gasteiger partial charge in [-0.05, 0) is 22.9 Å². The molecule has 0 saturated carbocycles. The summed E-state index contributed by atoms with van der Waals surface area (Å²) in [5.74, 6) is -0.280. The Morgan fingerprint density at radius 1 is 1.67 bits per heavy atom. The van der Waals surface area contributed by atoms with Crippen molar-refractivity contribution in [3.05, 3.63) is 35.0 Å². The molecule has 0 bridgehead atoms. The molecule has 0 aromatic carbocycles. The molecule has 0 aliphatic rings. The monoisotopic (exact) mass is 205 g/mol. The van der Waals surface area contributed by atoms with Gasteiger partial charge in [0, 0.05) is 18.6 Å². The molecule has 0 saturated heterocycles. The summed E-state index contributed by atoms with van der Waals surface area (Å²) in [7, 11) is 3.29. The Hall–Kier alpha value is -1.77. The average molecular weight is 205 g/mol. The van der Waals surface area contributed by atoms with E-state index in [4.69, 9.17) is 0 Å². The molecule has 3 nitrogen and oxygen atoms in total. The fourth-order valence-electron chi connectivity index (χ4n) is 1.24. The minimum atomic E-state index is -0.280. The van der Waals surface area contributed by atoms with Crippen molar-refractivity contribution in [2.45, 2.75) is 6.42 Å². The molecule has 0 spiro atoms. The van der Waals surface area contributed by atoms with E-state index in [9.17, 15) is 4.79 Å². The topological polar surface area (TPSA) is 31.2 Å². The van der Waals surface area contributed by atoms with Crippen LogP contribution in [0.2, 0.25) is 0 Å². The van der Waals surface area contributed by atoms with Crippen LogP contribution < -0.4 is 10.6 Å². The number of carbonyl (C=O) groups is 1. The average Bonchev–Trinajstić information content (AvgIpc) is 2.49. The van der Waals surface area contributed by atoms with Crippen molar-refractivity contribution in [3.8, 4) is 0 Å². The van der Waals surface area contributed by atoms with Gasteiger partial charge in [0.05, 0.1) is 13.5 Å². The molecule has 3 heteroatoms. The molecule has 0 unspecified atom stereocenters. The molecule has 0 amide bonds. The van der Waals surface area contributed by atoms with Gasteiger partial charge in [-0.1, -0.05) is 13.2 Å². The first-order valence-corrected chi connectivity index (χ1v) is 4.61. The van der Waals surface area contributed by atoms with E-state index < -0.39 is 0 Å². The summed E-state index contributed by atoms with van der Waals surface area (Å²) in [6.07, 6.45) is 3.98. The second-order valence-corrected chi connectivity index (χ2v) is 3.38. The largest absolute Gasteiger partial charge is 0.469 e. The maximum Gasteiger partial charge on any atom is 0.309 e. The summed E-state index contributed by atoms with van der Waals surface area (Å²) in [6.45, 7) is 7.70. The van der Waals surface area contributed by atoms with Crippen LogP contribution >= 0.6 is 0 Å². The third-order valence-electron chi connectivity index (χ3n) is 2.20. The third-order valence-corrected chi connectivity index (χ3v) is 2.20. The van der Waals surface area contributed by atoms with Crippen molar-refractivity contribution < 1.29 is 9.53 Å². The van der Waals surface area contributed by atoms with Crippen molar-refractivity contribution in [3.63, 3.8) is 0 Å². The van der Waals surface area contributed by atoms with Crippen molar-refractivity contribution in [2.24, 2.45) is 7.05 Å². The molecule has 1 heterocycles. The van der Waals surface area contributed by atoms with E-state index in [0.717, 1.165) is 16.1 Å². The summed E-state index contributed by atoms with van der Waals surface area (Å²) < 4.78 is 6.47. The van der Waals surface area contributed by atoms with E-state index >= 15 is 0 Å². The maximum atomic E-state index is 11.0. The Bertz CT molecular complexity index is 482. The van der Waals surface area contributed by atoms with Crippen molar-refractivity contribution in [2.75, 3.05) is 7.11 Å². The number of hydrogen-bond donors (Lipinski definition) is 0. The highest BCUT2D eigenvalue weighted by atomic mass is 16.5. The van der Waals surface area contributed by atoms with Crippen LogP contribution in [0.25, 0.3) is 12.7 Å². The van der Waals surface area contributed by atoms with Crippen LogP contribution in [0.4, 0.5) is 0 Å². The van der Waals surface area contributed by atoms with Crippen molar-refractivity contribution in [1.29, 1.82) is 0 Å². The SMILES string of the molecule is C=C(/C=c1/ccn(C)c1=C)CC(=O)OC. The molecule has 1 aromatic rings. The van der Waals surface area contributed by atoms with Gasteiger partial charge in [-0.25, -0.2) is 0 Å². The number of methoxy groups -OCH3 is 1. The Morgan fingerprint density at radius 3 is 2.80 bits per heavy atom. The number of aryl methyl sites for hydroxylation is 1. The Balaban J connectivity index is 2.89. The van der Waals surface area contributed by atoms with E-state index in [1.54, 1.807) is 0 Å². The zero-order chi connectivity index (χ0) is 11.4. The maximum absolute atomic E-state index is 11.0. The van der Waals surface area contributed by atoms with E-state index in [2.05, 4.69) is 17.9 Å². The van der Waals surface area contributed by atoms with E-state index in [-0.39, 0.29) is 12.4 Å². The number of ether oxygens (including phenoxy) is 1. The lowest BCUT2D eigenvalue weighted by molar-refractivity contribution is -0.139. The highest BCUT2D eigenvalue weighted by Gasteiger charge is 2.00. The molecule has 1 aromatic heterocycles. The van der Waals surface area contributed by atoms with Crippen LogP contribution in [0.3, 0.4) is 0 Å². The molecule has 0 atom stereocenters. The lowest BCUT2D eigenvalue weighted by atomic mass is 10.2. The summed E-state index contributed by atoms with van der Waals surface area (Å²) in [6, 6.07) is 1.94. The molecule has 0 N–H and O–H groups in total. The predicted molar refractivity (Wildman–Crippen MR) is 60.4 cm³/mol. The quantitative estimate of drug-likeness (QED) is 0.666. The standard InChI is InChI=1S/C12H15NO2/c1-9(8-12(14)15-4)7-11-5-6-13(3)10(11)2/h5-7H,1-2,8H2,3-4H3/b11-7-. The Kier molecular flexibility index (Phi) is 3.50. The van der Waals surface area contributed by atoms with Crippen LogP contribution in [0.5, 0.6) is 0 Å². The number of esters is 1. The fraction of sp³-hybridized carbons (Fsp3) is 0.250. The van der Waals surface area contributed by atoms with Gasteiger partial charge >= 0.3 is 5.97 Å². The number of aromatic nitrogens is 1. The minimum absolute atomic E-state index is 0.213. The van der Waals surface area contributed by atoms with Crippen LogP contribution in [0.1, 0.15) is 6.42 Å².